The molecule has 0 spiro atoms. The van der Waals surface area contributed by atoms with Gasteiger partial charge in [0.05, 0.1) is 31.7 Å². The molecule has 142 valence electrons. The minimum Gasteiger partial charge on any atom is -0.389 e. The molecule has 10 nitrogen and oxygen atoms in total. The number of fused-ring (bicyclic) bond motifs is 1. The van der Waals surface area contributed by atoms with Crippen LogP contribution >= 0.6 is 0 Å². The number of ether oxygens (including phenoxy) is 1. The van der Waals surface area contributed by atoms with E-state index in [1.807, 2.05) is 4.57 Å². The molecule has 0 bridgehead atoms. The average molecular weight is 370 g/mol. The first-order valence-corrected chi connectivity index (χ1v) is 8.76. The first-order valence-electron chi connectivity index (χ1n) is 8.76. The molecule has 0 saturated carbocycles. The molecule has 0 amide bonds. The van der Waals surface area contributed by atoms with E-state index in [0.717, 1.165) is 0 Å². The van der Waals surface area contributed by atoms with Gasteiger partial charge >= 0.3 is 0 Å². The average Bonchev–Trinajstić information content (AvgIpc) is 3.03. The molecular formula is C17H22N8O2. The van der Waals surface area contributed by atoms with Gasteiger partial charge in [-0.15, -0.1) is 0 Å². The molecule has 0 aromatic carbocycles. The minimum atomic E-state index is -0.901. The van der Waals surface area contributed by atoms with E-state index in [0.29, 0.717) is 61.2 Å². The second kappa shape index (κ2) is 6.71. The number of nitrogens with zero attached hydrogens (tertiary/aromatic N) is 7. The number of morpholine rings is 1. The van der Waals surface area contributed by atoms with Crippen molar-refractivity contribution in [3.8, 4) is 11.3 Å². The predicted octanol–water partition coefficient (Wildman–Crippen LogP) is 0.473. The zero-order chi connectivity index (χ0) is 19.0. The molecule has 1 aliphatic heterocycles. The molecule has 10 heteroatoms. The third-order valence-electron chi connectivity index (χ3n) is 4.25. The maximum Gasteiger partial charge on any atom is 0.228 e. The Morgan fingerprint density at radius 3 is 2.52 bits per heavy atom. The highest BCUT2D eigenvalue weighted by molar-refractivity contribution is 5.88. The van der Waals surface area contributed by atoms with Crippen LogP contribution in [0.3, 0.4) is 0 Å². The summed E-state index contributed by atoms with van der Waals surface area (Å²) in [5, 5.41) is 10.2. The third kappa shape index (κ3) is 3.67. The highest BCUT2D eigenvalue weighted by Crippen LogP contribution is 2.28. The molecule has 0 aliphatic carbocycles. The van der Waals surface area contributed by atoms with E-state index >= 15 is 0 Å². The van der Waals surface area contributed by atoms with Gasteiger partial charge < -0.3 is 25.0 Å². The monoisotopic (exact) mass is 370 g/mol. The molecule has 4 rings (SSSR count). The molecule has 1 saturated heterocycles. The fourth-order valence-corrected chi connectivity index (χ4v) is 3.03. The van der Waals surface area contributed by atoms with Crippen molar-refractivity contribution in [1.29, 1.82) is 0 Å². The summed E-state index contributed by atoms with van der Waals surface area (Å²) < 4.78 is 7.27. The summed E-state index contributed by atoms with van der Waals surface area (Å²) in [5.41, 5.74) is 7.34. The van der Waals surface area contributed by atoms with Crippen molar-refractivity contribution in [2.24, 2.45) is 0 Å². The Labute approximate surface area is 156 Å². The van der Waals surface area contributed by atoms with E-state index in [1.165, 1.54) is 0 Å². The number of nitrogens with two attached hydrogens (primary N) is 1. The van der Waals surface area contributed by atoms with Crippen molar-refractivity contribution < 1.29 is 9.84 Å². The van der Waals surface area contributed by atoms with Crippen molar-refractivity contribution in [3.05, 3.63) is 18.7 Å². The van der Waals surface area contributed by atoms with E-state index in [4.69, 9.17) is 20.4 Å². The van der Waals surface area contributed by atoms with Crippen LogP contribution in [0.5, 0.6) is 0 Å². The summed E-state index contributed by atoms with van der Waals surface area (Å²) in [5.74, 6) is 0.792. The smallest absolute Gasteiger partial charge is 0.228 e. The minimum absolute atomic E-state index is 0.199. The summed E-state index contributed by atoms with van der Waals surface area (Å²) in [6.07, 6.45) is 4.92. The van der Waals surface area contributed by atoms with Crippen molar-refractivity contribution in [1.82, 2.24) is 29.5 Å². The van der Waals surface area contributed by atoms with Crippen molar-refractivity contribution in [2.45, 2.75) is 26.0 Å². The molecule has 4 heterocycles. The van der Waals surface area contributed by atoms with Gasteiger partial charge in [0.15, 0.2) is 5.65 Å². The largest absolute Gasteiger partial charge is 0.389 e. The summed E-state index contributed by atoms with van der Waals surface area (Å²) >= 11 is 0. The van der Waals surface area contributed by atoms with Crippen LogP contribution < -0.4 is 10.6 Å². The van der Waals surface area contributed by atoms with Crippen LogP contribution in [-0.2, 0) is 11.3 Å². The SMILES string of the molecule is CC(C)(O)Cn1cnc2c(-c3cnc(N)nc3)nc(N3CCOCC3)nc21. The van der Waals surface area contributed by atoms with Gasteiger partial charge in [-0.25, -0.2) is 19.9 Å². The van der Waals surface area contributed by atoms with E-state index in [9.17, 15) is 5.11 Å². The van der Waals surface area contributed by atoms with Crippen LogP contribution in [0.1, 0.15) is 13.8 Å². The molecule has 0 atom stereocenters. The van der Waals surface area contributed by atoms with Gasteiger partial charge in [-0.2, -0.15) is 4.98 Å². The molecule has 3 aromatic heterocycles. The van der Waals surface area contributed by atoms with Crippen LogP contribution in [0.25, 0.3) is 22.4 Å². The van der Waals surface area contributed by atoms with Gasteiger partial charge in [-0.1, -0.05) is 0 Å². The quantitative estimate of drug-likeness (QED) is 0.673. The van der Waals surface area contributed by atoms with Gasteiger partial charge in [0.25, 0.3) is 0 Å². The molecule has 3 aromatic rings. The maximum absolute atomic E-state index is 10.2. The van der Waals surface area contributed by atoms with Crippen molar-refractivity contribution >= 4 is 23.1 Å². The standard InChI is InChI=1S/C17H22N8O2/c1-17(2,26)9-25-10-21-13-12(11-7-19-15(18)20-8-11)22-16(23-14(13)25)24-3-5-27-6-4-24/h7-8,10,26H,3-6,9H2,1-2H3,(H2,18,19,20). The lowest BCUT2D eigenvalue weighted by Crippen LogP contribution is -2.37. The Kier molecular flexibility index (Phi) is 4.36. The highest BCUT2D eigenvalue weighted by atomic mass is 16.5. The highest BCUT2D eigenvalue weighted by Gasteiger charge is 2.22. The zero-order valence-electron chi connectivity index (χ0n) is 15.3. The zero-order valence-corrected chi connectivity index (χ0v) is 15.3. The maximum atomic E-state index is 10.2. The number of hydrogen-bond acceptors (Lipinski definition) is 9. The Morgan fingerprint density at radius 2 is 1.85 bits per heavy atom. The first kappa shape index (κ1) is 17.6. The third-order valence-corrected chi connectivity index (χ3v) is 4.25. The summed E-state index contributed by atoms with van der Waals surface area (Å²) in [7, 11) is 0. The van der Waals surface area contributed by atoms with Gasteiger partial charge in [0.2, 0.25) is 11.9 Å². The molecule has 27 heavy (non-hydrogen) atoms. The lowest BCUT2D eigenvalue weighted by Gasteiger charge is -2.27. The van der Waals surface area contributed by atoms with E-state index in [-0.39, 0.29) is 5.95 Å². The predicted molar refractivity (Wildman–Crippen MR) is 100 cm³/mol. The first-order chi connectivity index (χ1) is 12.9. The Morgan fingerprint density at radius 1 is 1.15 bits per heavy atom. The fourth-order valence-electron chi connectivity index (χ4n) is 3.03. The number of nitrogen functional groups attached to an aromatic ring is 1. The van der Waals surface area contributed by atoms with Gasteiger partial charge in [-0.3, -0.25) is 0 Å². The lowest BCUT2D eigenvalue weighted by molar-refractivity contribution is 0.0625. The molecular weight excluding hydrogens is 348 g/mol. The van der Waals surface area contributed by atoms with Crippen LogP contribution in [-0.4, -0.2) is 66.5 Å². The van der Waals surface area contributed by atoms with Crippen molar-refractivity contribution in [2.75, 3.05) is 36.9 Å². The van der Waals surface area contributed by atoms with Gasteiger partial charge in [-0.05, 0) is 13.8 Å². The molecule has 0 unspecified atom stereocenters. The number of imidazole rings is 1. The fraction of sp³-hybridized carbons (Fsp3) is 0.471. The Hall–Kier alpha value is -2.85. The summed E-state index contributed by atoms with van der Waals surface area (Å²) in [4.78, 5) is 24.2. The van der Waals surface area contributed by atoms with Crippen LogP contribution in [0.2, 0.25) is 0 Å². The number of aliphatic hydroxyl groups is 1. The Balaban J connectivity index is 1.87. The van der Waals surface area contributed by atoms with E-state index in [2.05, 4.69) is 19.9 Å². The summed E-state index contributed by atoms with van der Waals surface area (Å²) in [6, 6.07) is 0. The van der Waals surface area contributed by atoms with Gasteiger partial charge in [0.1, 0.15) is 11.2 Å². The topological polar surface area (TPSA) is 128 Å². The number of aromatic nitrogens is 6. The summed E-state index contributed by atoms with van der Waals surface area (Å²) in [6.45, 7) is 6.54. The Bertz CT molecular complexity index is 942. The lowest BCUT2D eigenvalue weighted by atomic mass is 10.1. The van der Waals surface area contributed by atoms with E-state index < -0.39 is 5.60 Å². The van der Waals surface area contributed by atoms with Crippen LogP contribution in [0.4, 0.5) is 11.9 Å². The number of rotatable bonds is 4. The molecule has 0 radical (unpaired) electrons. The second-order valence-electron chi connectivity index (χ2n) is 7.16. The molecule has 3 N–H and O–H groups in total. The molecule has 1 aliphatic rings. The van der Waals surface area contributed by atoms with Crippen LogP contribution in [0, 0.1) is 0 Å². The molecule has 1 fully saturated rings. The van der Waals surface area contributed by atoms with Crippen molar-refractivity contribution in [3.63, 3.8) is 0 Å². The van der Waals surface area contributed by atoms with Gasteiger partial charge in [0, 0.05) is 31.0 Å². The second-order valence-corrected chi connectivity index (χ2v) is 7.16. The number of anilines is 2. The number of hydrogen-bond donors (Lipinski definition) is 2. The normalized spacial score (nSPS) is 15.4. The van der Waals surface area contributed by atoms with Crippen LogP contribution in [0.15, 0.2) is 18.7 Å². The van der Waals surface area contributed by atoms with E-state index in [1.54, 1.807) is 32.6 Å².